The maximum atomic E-state index is 12.5. The number of amides is 1. The van der Waals surface area contributed by atoms with Crippen molar-refractivity contribution in [1.82, 2.24) is 14.8 Å². The average Bonchev–Trinajstić information content (AvgIpc) is 2.95. The highest BCUT2D eigenvalue weighted by Crippen LogP contribution is 2.27. The molecule has 134 valence electrons. The van der Waals surface area contributed by atoms with Crippen molar-refractivity contribution in [2.45, 2.75) is 31.2 Å². The molecule has 0 aliphatic carbocycles. The van der Waals surface area contributed by atoms with Crippen LogP contribution in [0.4, 0.5) is 5.69 Å². The Balaban J connectivity index is 1.79. The van der Waals surface area contributed by atoms with E-state index >= 15 is 0 Å². The van der Waals surface area contributed by atoms with Gasteiger partial charge in [0.1, 0.15) is 5.82 Å². The fourth-order valence-electron chi connectivity index (χ4n) is 2.53. The fraction of sp³-hybridized carbons (Fsp3) is 0.211. The Bertz CT molecular complexity index is 941. The minimum Gasteiger partial charge on any atom is -0.325 e. The molecule has 7 heteroatoms. The average molecular weight is 387 g/mol. The molecule has 1 aromatic heterocycles. The highest BCUT2D eigenvalue weighted by atomic mass is 35.5. The molecule has 1 N–H and O–H groups in total. The van der Waals surface area contributed by atoms with E-state index in [1.54, 1.807) is 24.3 Å². The first-order chi connectivity index (χ1) is 12.5. The molecule has 26 heavy (non-hydrogen) atoms. The molecule has 0 aliphatic heterocycles. The van der Waals surface area contributed by atoms with Gasteiger partial charge in [-0.3, -0.25) is 9.36 Å². The third-order valence-electron chi connectivity index (χ3n) is 3.90. The number of carbonyl (C=O) groups is 1. The van der Waals surface area contributed by atoms with Gasteiger partial charge in [-0.05, 0) is 50.6 Å². The molecule has 1 unspecified atom stereocenters. The van der Waals surface area contributed by atoms with Crippen LogP contribution < -0.4 is 5.32 Å². The maximum Gasteiger partial charge on any atom is 0.237 e. The van der Waals surface area contributed by atoms with E-state index in [0.717, 1.165) is 17.1 Å². The van der Waals surface area contributed by atoms with Crippen LogP contribution in [-0.4, -0.2) is 25.9 Å². The molecule has 0 saturated carbocycles. The van der Waals surface area contributed by atoms with Crippen LogP contribution in [0.25, 0.3) is 5.69 Å². The van der Waals surface area contributed by atoms with Crippen molar-refractivity contribution in [2.24, 2.45) is 0 Å². The lowest BCUT2D eigenvalue weighted by atomic mass is 10.2. The van der Waals surface area contributed by atoms with Gasteiger partial charge in [-0.25, -0.2) is 0 Å². The second-order valence-electron chi connectivity index (χ2n) is 5.91. The van der Waals surface area contributed by atoms with E-state index in [2.05, 4.69) is 15.5 Å². The van der Waals surface area contributed by atoms with Crippen LogP contribution in [0.5, 0.6) is 0 Å². The van der Waals surface area contributed by atoms with E-state index in [9.17, 15) is 4.79 Å². The van der Waals surface area contributed by atoms with Gasteiger partial charge in [-0.2, -0.15) is 0 Å². The fourth-order valence-corrected chi connectivity index (χ4v) is 3.63. The Hall–Kier alpha value is -2.31. The van der Waals surface area contributed by atoms with Gasteiger partial charge in [0.2, 0.25) is 5.91 Å². The number of thioether (sulfide) groups is 1. The summed E-state index contributed by atoms with van der Waals surface area (Å²) in [5, 5.41) is 12.2. The van der Waals surface area contributed by atoms with Crippen LogP contribution in [0, 0.1) is 13.8 Å². The lowest BCUT2D eigenvalue weighted by Crippen LogP contribution is -2.23. The molecule has 0 bridgehead atoms. The highest BCUT2D eigenvalue weighted by Gasteiger charge is 2.20. The van der Waals surface area contributed by atoms with Crippen molar-refractivity contribution in [3.05, 3.63) is 64.9 Å². The molecule has 0 aliphatic rings. The first kappa shape index (κ1) is 18.5. The Labute approximate surface area is 161 Å². The molecule has 1 amide bonds. The molecule has 5 nitrogen and oxygen atoms in total. The van der Waals surface area contributed by atoms with Crippen molar-refractivity contribution in [1.29, 1.82) is 0 Å². The summed E-state index contributed by atoms with van der Waals surface area (Å²) in [6.45, 7) is 5.79. The van der Waals surface area contributed by atoms with E-state index in [-0.39, 0.29) is 11.2 Å². The standard InChI is InChI=1S/C19H19ClN4OS/c1-12-7-4-5-10-17(12)24-14(3)22-23-19(24)26-13(2)18(25)21-16-9-6-8-15(20)11-16/h4-11,13H,1-3H3,(H,21,25). The lowest BCUT2D eigenvalue weighted by Gasteiger charge is -2.14. The summed E-state index contributed by atoms with van der Waals surface area (Å²) < 4.78 is 1.98. The Morgan fingerprint density at radius 3 is 2.65 bits per heavy atom. The number of anilines is 1. The summed E-state index contributed by atoms with van der Waals surface area (Å²) in [6.07, 6.45) is 0. The molecule has 1 heterocycles. The number of hydrogen-bond donors (Lipinski definition) is 1. The Kier molecular flexibility index (Phi) is 5.64. The van der Waals surface area contributed by atoms with Crippen LogP contribution in [-0.2, 0) is 4.79 Å². The first-order valence-electron chi connectivity index (χ1n) is 8.17. The van der Waals surface area contributed by atoms with Gasteiger partial charge in [0.15, 0.2) is 5.16 Å². The number of nitrogens with one attached hydrogen (secondary N) is 1. The molecule has 0 fully saturated rings. The summed E-state index contributed by atoms with van der Waals surface area (Å²) in [5.74, 6) is 0.665. The lowest BCUT2D eigenvalue weighted by molar-refractivity contribution is -0.115. The summed E-state index contributed by atoms with van der Waals surface area (Å²) >= 11 is 7.34. The molecule has 2 aromatic carbocycles. The van der Waals surface area contributed by atoms with Crippen molar-refractivity contribution < 1.29 is 4.79 Å². The van der Waals surface area contributed by atoms with Gasteiger partial charge in [-0.15, -0.1) is 10.2 Å². The van der Waals surface area contributed by atoms with E-state index in [0.29, 0.717) is 15.9 Å². The Morgan fingerprint density at radius 2 is 1.92 bits per heavy atom. The van der Waals surface area contributed by atoms with Crippen LogP contribution in [0.15, 0.2) is 53.7 Å². The molecule has 3 aromatic rings. The van der Waals surface area contributed by atoms with E-state index in [4.69, 9.17) is 11.6 Å². The largest absolute Gasteiger partial charge is 0.325 e. The second-order valence-corrected chi connectivity index (χ2v) is 7.66. The number of benzene rings is 2. The zero-order valence-corrected chi connectivity index (χ0v) is 16.3. The van der Waals surface area contributed by atoms with Crippen LogP contribution in [0.1, 0.15) is 18.3 Å². The number of para-hydroxylation sites is 1. The second kappa shape index (κ2) is 7.93. The van der Waals surface area contributed by atoms with Gasteiger partial charge in [-0.1, -0.05) is 47.6 Å². The minimum atomic E-state index is -0.347. The van der Waals surface area contributed by atoms with E-state index in [1.807, 2.05) is 49.6 Å². The number of carbonyl (C=O) groups excluding carboxylic acids is 1. The molecular weight excluding hydrogens is 368 g/mol. The van der Waals surface area contributed by atoms with Crippen molar-refractivity contribution in [3.63, 3.8) is 0 Å². The summed E-state index contributed by atoms with van der Waals surface area (Å²) in [5.41, 5.74) is 2.81. The molecule has 1 atom stereocenters. The van der Waals surface area contributed by atoms with Crippen LogP contribution in [0.3, 0.4) is 0 Å². The molecule has 0 spiro atoms. The first-order valence-corrected chi connectivity index (χ1v) is 9.42. The van der Waals surface area contributed by atoms with Gasteiger partial charge in [0.05, 0.1) is 10.9 Å². The topological polar surface area (TPSA) is 59.8 Å². The van der Waals surface area contributed by atoms with Gasteiger partial charge in [0.25, 0.3) is 0 Å². The van der Waals surface area contributed by atoms with Crippen LogP contribution in [0.2, 0.25) is 5.02 Å². The monoisotopic (exact) mass is 386 g/mol. The Morgan fingerprint density at radius 1 is 1.15 bits per heavy atom. The predicted molar refractivity (Wildman–Crippen MR) is 106 cm³/mol. The summed E-state index contributed by atoms with van der Waals surface area (Å²) in [6, 6.07) is 15.1. The number of aromatic nitrogens is 3. The molecule has 3 rings (SSSR count). The zero-order chi connectivity index (χ0) is 18.7. The van der Waals surface area contributed by atoms with E-state index in [1.165, 1.54) is 11.8 Å². The molecule has 0 saturated heterocycles. The quantitative estimate of drug-likeness (QED) is 0.648. The highest BCUT2D eigenvalue weighted by molar-refractivity contribution is 8.00. The smallest absolute Gasteiger partial charge is 0.237 e. The normalized spacial score (nSPS) is 12.0. The van der Waals surface area contributed by atoms with Crippen LogP contribution >= 0.6 is 23.4 Å². The van der Waals surface area contributed by atoms with Crippen molar-refractivity contribution in [3.8, 4) is 5.69 Å². The van der Waals surface area contributed by atoms with Crippen molar-refractivity contribution in [2.75, 3.05) is 5.32 Å². The number of halogens is 1. The molecule has 0 radical (unpaired) electrons. The predicted octanol–water partition coefficient (Wildman–Crippen LogP) is 4.66. The molecular formula is C19H19ClN4OS. The SMILES string of the molecule is Cc1ccccc1-n1c(C)nnc1SC(C)C(=O)Nc1cccc(Cl)c1. The number of hydrogen-bond acceptors (Lipinski definition) is 4. The summed E-state index contributed by atoms with van der Waals surface area (Å²) in [4.78, 5) is 12.5. The van der Waals surface area contributed by atoms with Gasteiger partial charge >= 0.3 is 0 Å². The third kappa shape index (κ3) is 4.08. The summed E-state index contributed by atoms with van der Waals surface area (Å²) in [7, 11) is 0. The van der Waals surface area contributed by atoms with Gasteiger partial charge < -0.3 is 5.32 Å². The van der Waals surface area contributed by atoms with Crippen molar-refractivity contribution >= 4 is 35.0 Å². The zero-order valence-electron chi connectivity index (χ0n) is 14.7. The maximum absolute atomic E-state index is 12.5. The van der Waals surface area contributed by atoms with E-state index < -0.39 is 0 Å². The number of aryl methyl sites for hydroxylation is 2. The minimum absolute atomic E-state index is 0.116. The third-order valence-corrected chi connectivity index (χ3v) is 5.17. The van der Waals surface area contributed by atoms with Gasteiger partial charge in [0, 0.05) is 10.7 Å². The number of rotatable bonds is 5. The number of nitrogens with zero attached hydrogens (tertiary/aromatic N) is 3.